The Morgan fingerprint density at radius 2 is 1.69 bits per heavy atom. The fraction of sp³-hybridized carbons (Fsp3) is 0.818. The molecule has 6 unspecified atom stereocenters. The number of carbonyl (C=O) groups is 3. The summed E-state index contributed by atoms with van der Waals surface area (Å²) in [5.74, 6) is -4.35. The molecule has 4 aliphatic rings. The number of nitrogens with zero attached hydrogens (tertiary/aromatic N) is 1. The number of rotatable bonds is 7. The molecule has 1 amide bonds. The molecule has 0 aromatic carbocycles. The first-order valence-corrected chi connectivity index (χ1v) is 14.3. The van der Waals surface area contributed by atoms with E-state index < -0.39 is 62.4 Å². The van der Waals surface area contributed by atoms with Crippen molar-refractivity contribution >= 4 is 39.7 Å². The molecule has 2 bridgehead atoms. The van der Waals surface area contributed by atoms with E-state index in [-0.39, 0.29) is 23.8 Å². The van der Waals surface area contributed by atoms with Crippen molar-refractivity contribution in [3.63, 3.8) is 0 Å². The number of hydrogen-bond acceptors (Lipinski definition) is 9. The minimum absolute atomic E-state index is 0. The number of thioether (sulfide) groups is 1. The van der Waals surface area contributed by atoms with Gasteiger partial charge in [-0.2, -0.15) is 0 Å². The van der Waals surface area contributed by atoms with Gasteiger partial charge in [-0.25, -0.2) is 17.2 Å². The number of ether oxygens (including phenoxy) is 2. The molecule has 3 saturated heterocycles. The van der Waals surface area contributed by atoms with Crippen LogP contribution in [0.2, 0.25) is 0 Å². The van der Waals surface area contributed by atoms with E-state index in [4.69, 9.17) is 4.74 Å². The van der Waals surface area contributed by atoms with Crippen LogP contribution in [0.25, 0.3) is 0 Å². The molecule has 3 aliphatic heterocycles. The third-order valence-corrected chi connectivity index (χ3v) is 9.96. The summed E-state index contributed by atoms with van der Waals surface area (Å²) in [6.45, 7) is 3.01. The van der Waals surface area contributed by atoms with Gasteiger partial charge in [0.1, 0.15) is 16.2 Å². The Morgan fingerprint density at radius 3 is 2.25 bits per heavy atom. The molecule has 4 fully saturated rings. The molecular weight excluding hydrogens is 775 g/mol. The van der Waals surface area contributed by atoms with Gasteiger partial charge in [0, 0.05) is 11.3 Å². The Balaban J connectivity index is 0.00000361. The van der Waals surface area contributed by atoms with Crippen LogP contribution in [0, 0.1) is 24.4 Å². The summed E-state index contributed by atoms with van der Waals surface area (Å²) in [4.78, 5) is 40.7. The zero-order valence-corrected chi connectivity index (χ0v) is 28.2. The Hall–Kier alpha value is -2.47. The fourth-order valence-corrected chi connectivity index (χ4v) is 8.10. The predicted octanol–water partition coefficient (Wildman–Crippen LogP) is 2.45. The SMILES string of the molecule is CC(C)N1C(=O)C2C3SC(C(OC(=O)C4CCCCCCC4)C31)C2C(=O)O[CH-]C(F)(F)S(=O)(=O)[O-].[Rf]. The molecule has 0 aromatic heterocycles. The van der Waals surface area contributed by atoms with E-state index in [1.807, 2.05) is 0 Å². The fourth-order valence-electron chi connectivity index (χ4n) is 5.85. The van der Waals surface area contributed by atoms with Crippen molar-refractivity contribution in [3.05, 3.63) is 6.61 Å². The van der Waals surface area contributed by atoms with E-state index in [2.05, 4.69) is 4.74 Å². The largest absolute Gasteiger partial charge is 0.746 e. The van der Waals surface area contributed by atoms with Crippen LogP contribution < -0.4 is 0 Å². The smallest absolute Gasteiger partial charge is 0.309 e. The van der Waals surface area contributed by atoms with E-state index in [0.29, 0.717) is 12.8 Å². The zero-order chi connectivity index (χ0) is 25.7. The van der Waals surface area contributed by atoms with Crippen molar-refractivity contribution in [1.29, 1.82) is 0 Å². The van der Waals surface area contributed by atoms with Crippen LogP contribution >= 0.6 is 11.8 Å². The monoisotopic (exact) mass is 804 g/mol. The number of alkyl halides is 2. The topological polar surface area (TPSA) is 130 Å². The molecule has 0 aromatic rings. The second kappa shape index (κ2) is 10.1. The van der Waals surface area contributed by atoms with Crippen LogP contribution in [0.3, 0.4) is 0 Å². The quantitative estimate of drug-likeness (QED) is 0.217. The summed E-state index contributed by atoms with van der Waals surface area (Å²) in [5, 5.41) is -6.02. The summed E-state index contributed by atoms with van der Waals surface area (Å²) in [6, 6.07) is -0.699. The maximum atomic E-state index is 13.5. The van der Waals surface area contributed by atoms with Crippen LogP contribution in [0.4, 0.5) is 8.78 Å². The van der Waals surface area contributed by atoms with Gasteiger partial charge in [-0.3, -0.25) is 14.4 Å². The summed E-state index contributed by atoms with van der Waals surface area (Å²) in [6.07, 6.45) is 5.62. The number of hydrogen-bond donors (Lipinski definition) is 0. The van der Waals surface area contributed by atoms with Gasteiger partial charge in [0.15, 0.2) is 0 Å². The van der Waals surface area contributed by atoms with E-state index in [9.17, 15) is 36.1 Å². The first-order chi connectivity index (χ1) is 16.3. The number of carbonyl (C=O) groups excluding carboxylic acids is 3. The minimum atomic E-state index is -6.08. The minimum Gasteiger partial charge on any atom is -0.746 e. The van der Waals surface area contributed by atoms with E-state index in [1.54, 1.807) is 18.7 Å². The number of halogens is 2. The number of likely N-dealkylation sites (tertiary alicyclic amines) is 1. The van der Waals surface area contributed by atoms with Crippen molar-refractivity contribution in [1.82, 2.24) is 4.90 Å². The van der Waals surface area contributed by atoms with Gasteiger partial charge in [-0.05, 0) is 26.7 Å². The predicted molar refractivity (Wildman–Crippen MR) is 119 cm³/mol. The maximum absolute atomic E-state index is 13.5. The Bertz CT molecular complexity index is 973. The average Bonchev–Trinajstić information content (AvgIpc) is 3.33. The first kappa shape index (κ1) is 28.1. The van der Waals surface area contributed by atoms with Crippen LogP contribution in [0.1, 0.15) is 58.8 Å². The molecule has 4 rings (SSSR count). The molecule has 0 N–H and O–H groups in total. The van der Waals surface area contributed by atoms with Crippen LogP contribution in [-0.4, -0.2) is 69.7 Å². The molecule has 36 heavy (non-hydrogen) atoms. The van der Waals surface area contributed by atoms with Gasteiger partial charge < -0.3 is 18.9 Å². The van der Waals surface area contributed by atoms with E-state index in [1.165, 1.54) is 11.8 Å². The second-order valence-corrected chi connectivity index (χ2v) is 12.8. The average molecular weight is 805 g/mol. The Labute approximate surface area is 207 Å². The normalized spacial score (nSPS) is 32.7. The molecule has 0 radical (unpaired) electrons. The molecule has 3 heterocycles. The molecule has 1 aliphatic carbocycles. The van der Waals surface area contributed by atoms with E-state index in [0.717, 1.165) is 32.1 Å². The molecule has 0 spiro atoms. The van der Waals surface area contributed by atoms with Crippen LogP contribution in [0.15, 0.2) is 0 Å². The zero-order valence-electron chi connectivity index (χ0n) is 20.1. The van der Waals surface area contributed by atoms with Crippen molar-refractivity contribution in [2.45, 2.75) is 92.7 Å². The van der Waals surface area contributed by atoms with Gasteiger partial charge in [0.2, 0.25) is 5.91 Å². The molecule has 14 heteroatoms. The van der Waals surface area contributed by atoms with Crippen LogP contribution in [0.5, 0.6) is 0 Å². The molecule has 9 nitrogen and oxygen atoms in total. The standard InChI is InChI=1S/C22H30F2NO8S2.Rf/c1-11(2)25-15-16(33-20(27)12-8-6-4-3-5-7-9-12)18-14(13(19(25)26)17(15)34-18)21(28)32-10-22(23,24)35(29,30)31;/h10-18H,3-9H2,1-2H3,(H,29,30,31);/q-1;/p-1. The van der Waals surface area contributed by atoms with Crippen molar-refractivity contribution in [2.24, 2.45) is 17.8 Å². The molecule has 1 saturated carbocycles. The third-order valence-electron chi connectivity index (χ3n) is 7.43. The van der Waals surface area contributed by atoms with Gasteiger partial charge in [-0.15, -0.1) is 11.8 Å². The summed E-state index contributed by atoms with van der Waals surface area (Å²) >= 11 is 1.29. The number of amides is 1. The summed E-state index contributed by atoms with van der Waals surface area (Å²) in [5.41, 5.74) is 0. The summed E-state index contributed by atoms with van der Waals surface area (Å²) in [7, 11) is -6.08. The van der Waals surface area contributed by atoms with Gasteiger partial charge in [0.05, 0.1) is 29.0 Å². The number of fused-ring (bicyclic) bond motifs is 1. The van der Waals surface area contributed by atoms with Crippen molar-refractivity contribution < 1.29 is 45.6 Å². The summed E-state index contributed by atoms with van der Waals surface area (Å²) < 4.78 is 69.7. The van der Waals surface area contributed by atoms with Gasteiger partial charge in [-0.1, -0.05) is 38.7 Å². The molecular formula is C22H29F2NO8RfS2-2. The first-order valence-electron chi connectivity index (χ1n) is 11.9. The Kier molecular flexibility index (Phi) is 7.90. The van der Waals surface area contributed by atoms with Gasteiger partial charge >= 0.3 is 5.97 Å². The van der Waals surface area contributed by atoms with Gasteiger partial charge in [0.25, 0.3) is 11.2 Å². The Morgan fingerprint density at radius 1 is 1.11 bits per heavy atom. The van der Waals surface area contributed by atoms with Crippen molar-refractivity contribution in [2.75, 3.05) is 0 Å². The van der Waals surface area contributed by atoms with Crippen molar-refractivity contribution in [3.8, 4) is 0 Å². The van der Waals surface area contributed by atoms with Crippen LogP contribution in [-0.2, 0) is 34.0 Å². The molecule has 200 valence electrons. The number of esters is 2. The molecule has 6 atom stereocenters. The second-order valence-electron chi connectivity index (χ2n) is 9.96. The maximum Gasteiger partial charge on any atom is 0.309 e. The third kappa shape index (κ3) is 4.77. The van der Waals surface area contributed by atoms with E-state index >= 15 is 0 Å².